The van der Waals surface area contributed by atoms with E-state index in [-0.39, 0.29) is 22.0 Å². The lowest BCUT2D eigenvalue weighted by Gasteiger charge is -2.13. The molecule has 0 aliphatic heterocycles. The molecule has 2 N–H and O–H groups in total. The molecule has 0 unspecified atom stereocenters. The second kappa shape index (κ2) is 8.75. The average Bonchev–Trinajstić information content (AvgIpc) is 3.73. The summed E-state index contributed by atoms with van der Waals surface area (Å²) in [4.78, 5) is 20.5. The van der Waals surface area contributed by atoms with Gasteiger partial charge < -0.3 is 9.88 Å². The molecule has 1 atom stereocenters. The topological polar surface area (TPSA) is 132 Å². The number of hydrogen-bond donors (Lipinski definition) is 2. The van der Waals surface area contributed by atoms with Crippen LogP contribution in [0.25, 0.3) is 0 Å². The van der Waals surface area contributed by atoms with E-state index in [4.69, 9.17) is 0 Å². The molecule has 0 saturated heterocycles. The lowest BCUT2D eigenvalue weighted by Crippen LogP contribution is -2.23. The van der Waals surface area contributed by atoms with Crippen molar-refractivity contribution in [1.82, 2.24) is 24.7 Å². The van der Waals surface area contributed by atoms with Gasteiger partial charge >= 0.3 is 0 Å². The predicted octanol–water partition coefficient (Wildman–Crippen LogP) is 3.20. The van der Waals surface area contributed by atoms with Crippen molar-refractivity contribution in [1.29, 1.82) is 0 Å². The highest BCUT2D eigenvalue weighted by Gasteiger charge is 2.37. The van der Waals surface area contributed by atoms with Gasteiger partial charge in [-0.05, 0) is 62.9 Å². The van der Waals surface area contributed by atoms with Crippen LogP contribution in [0.3, 0.4) is 0 Å². The van der Waals surface area contributed by atoms with Crippen LogP contribution in [0.4, 0.5) is 11.6 Å². The Hall–Kier alpha value is -2.99. The monoisotopic (exact) mass is 485 g/mol. The number of amides is 1. The van der Waals surface area contributed by atoms with Gasteiger partial charge in [0.15, 0.2) is 5.16 Å². The minimum absolute atomic E-state index is 0.00961. The molecule has 10 nitrogen and oxygen atoms in total. The lowest BCUT2D eigenvalue weighted by molar-refractivity contribution is -0.115. The number of nitrogens with one attached hydrogen (secondary N) is 2. The Morgan fingerprint density at radius 2 is 1.79 bits per heavy atom. The van der Waals surface area contributed by atoms with Gasteiger partial charge in [-0.2, -0.15) is 0 Å². The number of benzene rings is 1. The number of carbonyl (C=O) groups is 1. The van der Waals surface area contributed by atoms with E-state index in [0.717, 1.165) is 36.7 Å². The lowest BCUT2D eigenvalue weighted by atomic mass is 10.3. The Kier molecular flexibility index (Phi) is 5.79. The normalized spacial score (nSPS) is 16.9. The summed E-state index contributed by atoms with van der Waals surface area (Å²) in [5.41, 5.74) is 0.504. The van der Waals surface area contributed by atoms with Crippen molar-refractivity contribution in [2.45, 2.75) is 59.9 Å². The van der Waals surface area contributed by atoms with Gasteiger partial charge in [0.25, 0.3) is 10.0 Å². The van der Waals surface area contributed by atoms with Gasteiger partial charge in [0.2, 0.25) is 11.9 Å². The van der Waals surface area contributed by atoms with E-state index in [1.54, 1.807) is 18.2 Å². The molecule has 1 aromatic carbocycles. The number of aromatic nitrogens is 5. The number of carbonyl (C=O) groups excluding carboxylic acids is 1. The molecule has 12 heteroatoms. The van der Waals surface area contributed by atoms with Gasteiger partial charge in [-0.15, -0.1) is 10.2 Å². The van der Waals surface area contributed by atoms with Gasteiger partial charge in [0, 0.05) is 30.0 Å². The zero-order valence-corrected chi connectivity index (χ0v) is 19.5. The minimum Gasteiger partial charge on any atom is -0.325 e. The molecule has 172 valence electrons. The maximum absolute atomic E-state index is 12.8. The summed E-state index contributed by atoms with van der Waals surface area (Å²) in [7, 11) is -3.83. The minimum atomic E-state index is -3.83. The van der Waals surface area contributed by atoms with E-state index >= 15 is 0 Å². The third-order valence-corrected chi connectivity index (χ3v) is 7.82. The first-order chi connectivity index (χ1) is 15.9. The number of thioether (sulfide) groups is 1. The molecule has 33 heavy (non-hydrogen) atoms. The molecule has 1 amide bonds. The van der Waals surface area contributed by atoms with Crippen LogP contribution in [0.1, 0.15) is 50.4 Å². The summed E-state index contributed by atoms with van der Waals surface area (Å²) in [6, 6.07) is 7.99. The van der Waals surface area contributed by atoms with Gasteiger partial charge in [0.1, 0.15) is 5.82 Å². The molecule has 2 aliphatic rings. The Morgan fingerprint density at radius 1 is 1.09 bits per heavy atom. The smallest absolute Gasteiger partial charge is 0.264 e. The largest absolute Gasteiger partial charge is 0.325 e. The van der Waals surface area contributed by atoms with Crippen LogP contribution in [0.15, 0.2) is 52.8 Å². The van der Waals surface area contributed by atoms with Crippen LogP contribution >= 0.6 is 11.8 Å². The van der Waals surface area contributed by atoms with Crippen LogP contribution in [0.2, 0.25) is 0 Å². The van der Waals surface area contributed by atoms with E-state index in [9.17, 15) is 13.2 Å². The molecule has 0 radical (unpaired) electrons. The maximum Gasteiger partial charge on any atom is 0.264 e. The van der Waals surface area contributed by atoms with Crippen molar-refractivity contribution in [2.75, 3.05) is 10.0 Å². The Balaban J connectivity index is 1.22. The molecule has 2 aliphatic carbocycles. The van der Waals surface area contributed by atoms with Gasteiger partial charge in [-0.25, -0.2) is 23.1 Å². The number of rotatable bonds is 9. The third kappa shape index (κ3) is 5.01. The van der Waals surface area contributed by atoms with Gasteiger partial charge in [-0.3, -0.25) is 4.79 Å². The average molecular weight is 486 g/mol. The van der Waals surface area contributed by atoms with Crippen molar-refractivity contribution in [2.24, 2.45) is 0 Å². The zero-order valence-electron chi connectivity index (χ0n) is 17.9. The molecule has 3 aromatic rings. The summed E-state index contributed by atoms with van der Waals surface area (Å²) >= 11 is 1.40. The Morgan fingerprint density at radius 3 is 2.42 bits per heavy atom. The molecule has 0 spiro atoms. The van der Waals surface area contributed by atoms with Crippen molar-refractivity contribution in [3.05, 3.63) is 48.5 Å². The number of sulfonamides is 1. The fourth-order valence-electron chi connectivity index (χ4n) is 3.37. The summed E-state index contributed by atoms with van der Waals surface area (Å²) in [6.07, 6.45) is 7.47. The highest BCUT2D eigenvalue weighted by atomic mass is 32.2. The third-order valence-electron chi connectivity index (χ3n) is 5.42. The summed E-state index contributed by atoms with van der Waals surface area (Å²) in [6.45, 7) is 1.82. The summed E-state index contributed by atoms with van der Waals surface area (Å²) < 4.78 is 29.5. The first-order valence-electron chi connectivity index (χ1n) is 10.7. The van der Waals surface area contributed by atoms with E-state index in [1.807, 2.05) is 6.92 Å². The van der Waals surface area contributed by atoms with E-state index in [0.29, 0.717) is 17.6 Å². The quantitative estimate of drug-likeness (QED) is 0.442. The van der Waals surface area contributed by atoms with E-state index in [2.05, 4.69) is 34.8 Å². The fraction of sp³-hybridized carbons (Fsp3) is 0.381. The maximum atomic E-state index is 12.8. The molecule has 2 saturated carbocycles. The highest BCUT2D eigenvalue weighted by Crippen LogP contribution is 2.46. The predicted molar refractivity (Wildman–Crippen MR) is 123 cm³/mol. The summed E-state index contributed by atoms with van der Waals surface area (Å²) in [5, 5.41) is 12.0. The standard InChI is InChI=1S/C21H23N7O3S2/c1-13(32-21-26-25-18(14-3-4-14)28(21)16-7-8-16)19(29)24-15-5-9-17(10-6-15)33(30,31)27-20-22-11-2-12-23-20/h2,5-6,9-14,16H,3-4,7-8H2,1H3,(H,24,29)(H,22,23,27)/t13-/m1/s1. The van der Waals surface area contributed by atoms with Crippen LogP contribution < -0.4 is 10.0 Å². The van der Waals surface area contributed by atoms with Crippen LogP contribution in [0.5, 0.6) is 0 Å². The van der Waals surface area contributed by atoms with Crippen LogP contribution in [-0.2, 0) is 14.8 Å². The number of hydrogen-bond acceptors (Lipinski definition) is 8. The molecule has 5 rings (SSSR count). The SMILES string of the molecule is C[C@@H](Sc1nnc(C2CC2)n1C1CC1)C(=O)Nc1ccc(S(=O)(=O)Nc2ncccn2)cc1. The van der Waals surface area contributed by atoms with Crippen molar-refractivity contribution in [3.8, 4) is 0 Å². The van der Waals surface area contributed by atoms with E-state index < -0.39 is 10.0 Å². The first kappa shape index (κ1) is 21.8. The molecule has 2 aromatic heterocycles. The number of anilines is 2. The first-order valence-corrected chi connectivity index (χ1v) is 13.1. The Bertz CT molecular complexity index is 1250. The van der Waals surface area contributed by atoms with Crippen molar-refractivity contribution in [3.63, 3.8) is 0 Å². The second-order valence-electron chi connectivity index (χ2n) is 8.17. The van der Waals surface area contributed by atoms with Crippen LogP contribution in [-0.4, -0.2) is 44.3 Å². The molecule has 2 fully saturated rings. The molecule has 2 heterocycles. The van der Waals surface area contributed by atoms with E-state index in [1.165, 1.54) is 36.3 Å². The molecular weight excluding hydrogens is 462 g/mol. The second-order valence-corrected chi connectivity index (χ2v) is 11.2. The summed E-state index contributed by atoms with van der Waals surface area (Å²) in [5.74, 6) is 1.36. The Labute approximate surface area is 195 Å². The fourth-order valence-corrected chi connectivity index (χ4v) is 5.25. The highest BCUT2D eigenvalue weighted by molar-refractivity contribution is 8.00. The number of nitrogens with zero attached hydrogens (tertiary/aromatic N) is 5. The zero-order chi connectivity index (χ0) is 23.0. The van der Waals surface area contributed by atoms with Crippen molar-refractivity contribution < 1.29 is 13.2 Å². The van der Waals surface area contributed by atoms with Crippen LogP contribution in [0, 0.1) is 0 Å². The van der Waals surface area contributed by atoms with Gasteiger partial charge in [-0.1, -0.05) is 11.8 Å². The van der Waals surface area contributed by atoms with Crippen molar-refractivity contribution >= 4 is 39.3 Å². The molecule has 0 bridgehead atoms. The molecular formula is C21H23N7O3S2. The van der Waals surface area contributed by atoms with Gasteiger partial charge in [0.05, 0.1) is 10.1 Å².